The predicted molar refractivity (Wildman–Crippen MR) is 141 cm³/mol. The highest BCUT2D eigenvalue weighted by atomic mass is 32.1. The van der Waals surface area contributed by atoms with E-state index < -0.39 is 11.8 Å². The summed E-state index contributed by atoms with van der Waals surface area (Å²) in [6.07, 6.45) is 3.61. The fourth-order valence-corrected chi connectivity index (χ4v) is 4.53. The van der Waals surface area contributed by atoms with Gasteiger partial charge in [-0.15, -0.1) is 0 Å². The fourth-order valence-electron chi connectivity index (χ4n) is 4.26. The van der Waals surface area contributed by atoms with E-state index in [-0.39, 0.29) is 10.7 Å². The number of nitrogens with zero attached hydrogens (tertiary/aromatic N) is 2. The van der Waals surface area contributed by atoms with Crippen molar-refractivity contribution in [2.75, 3.05) is 12.0 Å². The number of nitrogens with one attached hydrogen (secondary N) is 1. The lowest BCUT2D eigenvalue weighted by atomic mass is 10.1. The van der Waals surface area contributed by atoms with E-state index in [1.807, 2.05) is 30.5 Å². The van der Waals surface area contributed by atoms with Crippen LogP contribution in [0.15, 0.2) is 84.6 Å². The van der Waals surface area contributed by atoms with Crippen LogP contribution in [0, 0.1) is 6.92 Å². The van der Waals surface area contributed by atoms with E-state index >= 15 is 0 Å². The van der Waals surface area contributed by atoms with Crippen molar-refractivity contribution in [2.45, 2.75) is 13.5 Å². The van der Waals surface area contributed by atoms with Gasteiger partial charge in [-0.25, -0.2) is 4.90 Å². The molecule has 0 radical (unpaired) electrons. The lowest BCUT2D eigenvalue weighted by Crippen LogP contribution is -2.54. The molecule has 0 spiro atoms. The first kappa shape index (κ1) is 22.6. The van der Waals surface area contributed by atoms with Gasteiger partial charge < -0.3 is 9.30 Å². The number of rotatable bonds is 5. The molecule has 35 heavy (non-hydrogen) atoms. The van der Waals surface area contributed by atoms with Crippen molar-refractivity contribution in [3.05, 3.63) is 101 Å². The van der Waals surface area contributed by atoms with Crippen molar-refractivity contribution < 1.29 is 14.3 Å². The van der Waals surface area contributed by atoms with Crippen molar-refractivity contribution in [1.29, 1.82) is 0 Å². The van der Waals surface area contributed by atoms with E-state index in [0.29, 0.717) is 18.0 Å². The average Bonchev–Trinajstić information content (AvgIpc) is 3.20. The van der Waals surface area contributed by atoms with Gasteiger partial charge in [0, 0.05) is 29.2 Å². The van der Waals surface area contributed by atoms with Crippen LogP contribution in [0.3, 0.4) is 0 Å². The van der Waals surface area contributed by atoms with Crippen LogP contribution in [0.2, 0.25) is 0 Å². The van der Waals surface area contributed by atoms with E-state index in [9.17, 15) is 9.59 Å². The van der Waals surface area contributed by atoms with Crippen LogP contribution in [0.5, 0.6) is 5.75 Å². The maximum Gasteiger partial charge on any atom is 0.270 e. The minimum Gasteiger partial charge on any atom is -0.495 e. The monoisotopic (exact) mass is 481 g/mol. The summed E-state index contributed by atoms with van der Waals surface area (Å²) < 4.78 is 7.54. The third-order valence-electron chi connectivity index (χ3n) is 6.02. The molecule has 2 amide bonds. The molecule has 7 heteroatoms. The summed E-state index contributed by atoms with van der Waals surface area (Å²) in [7, 11) is 1.52. The number of aryl methyl sites for hydroxylation is 1. The zero-order valence-corrected chi connectivity index (χ0v) is 20.1. The van der Waals surface area contributed by atoms with Gasteiger partial charge in [0.1, 0.15) is 11.3 Å². The highest BCUT2D eigenvalue weighted by Gasteiger charge is 2.36. The van der Waals surface area contributed by atoms with Crippen molar-refractivity contribution >= 4 is 51.8 Å². The lowest BCUT2D eigenvalue weighted by Gasteiger charge is -2.29. The van der Waals surface area contributed by atoms with Crippen molar-refractivity contribution in [3.63, 3.8) is 0 Å². The van der Waals surface area contributed by atoms with Crippen LogP contribution in [0.25, 0.3) is 17.0 Å². The molecule has 1 aliphatic heterocycles. The molecule has 2 heterocycles. The summed E-state index contributed by atoms with van der Waals surface area (Å²) in [6.45, 7) is 2.73. The number of thiocarbonyl (C=S) groups is 1. The summed E-state index contributed by atoms with van der Waals surface area (Å²) in [4.78, 5) is 27.7. The van der Waals surface area contributed by atoms with Crippen LogP contribution < -0.4 is 15.0 Å². The molecule has 4 aromatic rings. The molecule has 3 aromatic carbocycles. The molecular formula is C28H23N3O3S. The molecule has 174 valence electrons. The Hall–Kier alpha value is -4.23. The zero-order valence-electron chi connectivity index (χ0n) is 19.3. The minimum atomic E-state index is -0.526. The third kappa shape index (κ3) is 4.22. The Balaban J connectivity index is 1.57. The molecule has 0 saturated carbocycles. The molecule has 5 rings (SSSR count). The van der Waals surface area contributed by atoms with Gasteiger partial charge in [0.25, 0.3) is 11.8 Å². The van der Waals surface area contributed by atoms with Crippen LogP contribution in [-0.2, 0) is 16.1 Å². The van der Waals surface area contributed by atoms with Gasteiger partial charge in [-0.1, -0.05) is 60.2 Å². The normalized spacial score (nSPS) is 15.1. The molecule has 0 bridgehead atoms. The van der Waals surface area contributed by atoms with Gasteiger partial charge in [-0.05, 0) is 49.0 Å². The van der Waals surface area contributed by atoms with Gasteiger partial charge in [0.15, 0.2) is 5.11 Å². The SMILES string of the molecule is COc1ccccc1N1C(=O)/C(=C/c2cn(Cc3ccc(C)cc3)c3ccccc23)C(=O)NC1=S. The van der Waals surface area contributed by atoms with Gasteiger partial charge in [0.2, 0.25) is 0 Å². The zero-order chi connectivity index (χ0) is 24.5. The number of anilines is 1. The number of aromatic nitrogens is 1. The second-order valence-corrected chi connectivity index (χ2v) is 8.73. The Kier molecular flexibility index (Phi) is 5.93. The highest BCUT2D eigenvalue weighted by molar-refractivity contribution is 7.80. The maximum absolute atomic E-state index is 13.5. The van der Waals surface area contributed by atoms with E-state index in [4.69, 9.17) is 17.0 Å². The number of hydrogen-bond acceptors (Lipinski definition) is 4. The van der Waals surface area contributed by atoms with Crippen molar-refractivity contribution in [3.8, 4) is 5.75 Å². The molecule has 1 aliphatic rings. The number of fused-ring (bicyclic) bond motifs is 1. The Morgan fingerprint density at radius 3 is 2.46 bits per heavy atom. The summed E-state index contributed by atoms with van der Waals surface area (Å²) in [5.41, 5.74) is 4.63. The second-order valence-electron chi connectivity index (χ2n) is 8.34. The number of para-hydroxylation sites is 3. The Bertz CT molecular complexity index is 1500. The van der Waals surface area contributed by atoms with Crippen LogP contribution in [-0.4, -0.2) is 28.6 Å². The number of methoxy groups -OCH3 is 1. The molecule has 0 unspecified atom stereocenters. The summed E-state index contributed by atoms with van der Waals surface area (Å²) in [5, 5.41) is 3.61. The highest BCUT2D eigenvalue weighted by Crippen LogP contribution is 2.32. The Morgan fingerprint density at radius 2 is 1.69 bits per heavy atom. The molecular weight excluding hydrogens is 458 g/mol. The number of carbonyl (C=O) groups excluding carboxylic acids is 2. The summed E-state index contributed by atoms with van der Waals surface area (Å²) >= 11 is 5.34. The number of amides is 2. The molecule has 1 N–H and O–H groups in total. The number of hydrogen-bond donors (Lipinski definition) is 1. The predicted octanol–water partition coefficient (Wildman–Crippen LogP) is 4.84. The van der Waals surface area contributed by atoms with Crippen LogP contribution in [0.4, 0.5) is 5.69 Å². The molecule has 1 fully saturated rings. The van der Waals surface area contributed by atoms with E-state index in [2.05, 4.69) is 41.1 Å². The third-order valence-corrected chi connectivity index (χ3v) is 6.31. The molecule has 0 aliphatic carbocycles. The molecule has 1 saturated heterocycles. The number of benzene rings is 3. The van der Waals surface area contributed by atoms with E-state index in [1.54, 1.807) is 30.3 Å². The van der Waals surface area contributed by atoms with Gasteiger partial charge in [-0.3, -0.25) is 14.9 Å². The first-order chi connectivity index (χ1) is 17.0. The average molecular weight is 482 g/mol. The van der Waals surface area contributed by atoms with Crippen LogP contribution >= 0.6 is 12.2 Å². The molecule has 0 atom stereocenters. The maximum atomic E-state index is 13.5. The van der Waals surface area contributed by atoms with E-state index in [1.165, 1.54) is 17.6 Å². The van der Waals surface area contributed by atoms with Gasteiger partial charge >= 0.3 is 0 Å². The topological polar surface area (TPSA) is 63.6 Å². The van der Waals surface area contributed by atoms with Crippen molar-refractivity contribution in [2.24, 2.45) is 0 Å². The first-order valence-corrected chi connectivity index (χ1v) is 11.5. The summed E-state index contributed by atoms with van der Waals surface area (Å²) in [5.74, 6) is -0.548. The quantitative estimate of drug-likeness (QED) is 0.252. The Morgan fingerprint density at radius 1 is 0.971 bits per heavy atom. The first-order valence-electron chi connectivity index (χ1n) is 11.1. The standard InChI is InChI=1S/C28H23N3O3S/c1-18-11-13-19(14-12-18)16-30-17-20(21-7-3-4-8-23(21)30)15-22-26(32)29-28(35)31(27(22)33)24-9-5-6-10-25(24)34-2/h3-15,17H,16H2,1-2H3,(H,29,32,35)/b22-15+. The largest absolute Gasteiger partial charge is 0.495 e. The van der Waals surface area contributed by atoms with Gasteiger partial charge in [0.05, 0.1) is 12.8 Å². The van der Waals surface area contributed by atoms with Crippen LogP contribution in [0.1, 0.15) is 16.7 Å². The minimum absolute atomic E-state index is 0.00254. The number of carbonyl (C=O) groups is 2. The Labute approximate surface area is 208 Å². The number of ether oxygens (including phenoxy) is 1. The second kappa shape index (κ2) is 9.19. The van der Waals surface area contributed by atoms with Crippen molar-refractivity contribution in [1.82, 2.24) is 9.88 Å². The molecule has 1 aromatic heterocycles. The fraction of sp³-hybridized carbons (Fsp3) is 0.107. The summed E-state index contributed by atoms with van der Waals surface area (Å²) in [6, 6.07) is 23.4. The lowest BCUT2D eigenvalue weighted by molar-refractivity contribution is -0.122. The van der Waals surface area contributed by atoms with Gasteiger partial charge in [-0.2, -0.15) is 0 Å². The van der Waals surface area contributed by atoms with E-state index in [0.717, 1.165) is 22.0 Å². The molecule has 6 nitrogen and oxygen atoms in total. The smallest absolute Gasteiger partial charge is 0.270 e.